The van der Waals surface area contributed by atoms with Crippen molar-refractivity contribution in [3.05, 3.63) is 36.2 Å². The summed E-state index contributed by atoms with van der Waals surface area (Å²) < 4.78 is 6.54. The van der Waals surface area contributed by atoms with E-state index in [1.165, 1.54) is 18.9 Å². The number of anilines is 1. The number of benzene rings is 1. The minimum Gasteiger partial charge on any atom is -0.465 e. The first-order valence-electron chi connectivity index (χ1n) is 6.63. The molecule has 1 aromatic heterocycles. The number of hydrogen-bond acceptors (Lipinski definition) is 6. The maximum atomic E-state index is 12.0. The molecule has 0 bridgehead atoms. The Bertz CT molecular complexity index is 672. The molecule has 1 heterocycles. The van der Waals surface area contributed by atoms with Crippen molar-refractivity contribution in [2.24, 2.45) is 0 Å². The molecule has 0 radical (unpaired) electrons. The van der Waals surface area contributed by atoms with Gasteiger partial charge in [0.15, 0.2) is 5.16 Å². The molecular weight excluding hydrogens is 304 g/mol. The number of methoxy groups -OCH3 is 1. The van der Waals surface area contributed by atoms with Gasteiger partial charge in [0.2, 0.25) is 5.91 Å². The van der Waals surface area contributed by atoms with Crippen molar-refractivity contribution >= 4 is 29.3 Å². The number of thioether (sulfide) groups is 1. The van der Waals surface area contributed by atoms with Gasteiger partial charge in [-0.05, 0) is 19.1 Å². The van der Waals surface area contributed by atoms with E-state index >= 15 is 0 Å². The van der Waals surface area contributed by atoms with Gasteiger partial charge >= 0.3 is 5.97 Å². The standard InChI is InChI=1S/C14H16N4O3S/c1-3-18-9-15-17-14(18)22-8-12(19)16-11-7-5-4-6-10(11)13(20)21-2/h4-7,9H,3,8H2,1-2H3,(H,16,19). The van der Waals surface area contributed by atoms with E-state index in [2.05, 4.69) is 15.5 Å². The molecule has 8 heteroatoms. The van der Waals surface area contributed by atoms with Gasteiger partial charge in [-0.15, -0.1) is 10.2 Å². The lowest BCUT2D eigenvalue weighted by molar-refractivity contribution is -0.113. The number of aromatic nitrogens is 3. The average Bonchev–Trinajstić information content (AvgIpc) is 3.00. The third-order valence-corrected chi connectivity index (χ3v) is 3.84. The van der Waals surface area contributed by atoms with Crippen LogP contribution in [0.2, 0.25) is 0 Å². The molecule has 1 aromatic carbocycles. The number of nitrogens with one attached hydrogen (secondary N) is 1. The van der Waals surface area contributed by atoms with E-state index in [4.69, 9.17) is 4.74 Å². The minimum atomic E-state index is -0.491. The fraction of sp³-hybridized carbons (Fsp3) is 0.286. The topological polar surface area (TPSA) is 86.1 Å². The number of rotatable bonds is 6. The summed E-state index contributed by atoms with van der Waals surface area (Å²) in [7, 11) is 1.30. The van der Waals surface area contributed by atoms with Gasteiger partial charge in [0.25, 0.3) is 0 Å². The molecule has 0 atom stereocenters. The number of hydrogen-bond donors (Lipinski definition) is 1. The summed E-state index contributed by atoms with van der Waals surface area (Å²) in [6.07, 6.45) is 1.62. The second-order valence-corrected chi connectivity index (χ2v) is 5.22. The Kier molecular flexibility index (Phi) is 5.54. The Morgan fingerprint density at radius 2 is 2.14 bits per heavy atom. The van der Waals surface area contributed by atoms with Crippen molar-refractivity contribution in [2.75, 3.05) is 18.2 Å². The third-order valence-electron chi connectivity index (χ3n) is 2.86. The van der Waals surface area contributed by atoms with Crippen molar-refractivity contribution in [1.82, 2.24) is 14.8 Å². The van der Waals surface area contributed by atoms with Gasteiger partial charge in [-0.1, -0.05) is 23.9 Å². The van der Waals surface area contributed by atoms with Crippen LogP contribution in [-0.4, -0.2) is 39.5 Å². The summed E-state index contributed by atoms with van der Waals surface area (Å²) in [6.45, 7) is 2.71. The van der Waals surface area contributed by atoms with Crippen LogP contribution in [0.15, 0.2) is 35.7 Å². The van der Waals surface area contributed by atoms with Crippen LogP contribution in [0.3, 0.4) is 0 Å². The van der Waals surface area contributed by atoms with Crippen molar-refractivity contribution in [2.45, 2.75) is 18.6 Å². The predicted octanol–water partition coefficient (Wildman–Crippen LogP) is 1.82. The highest BCUT2D eigenvalue weighted by Crippen LogP contribution is 2.18. The Morgan fingerprint density at radius 1 is 1.36 bits per heavy atom. The van der Waals surface area contributed by atoms with E-state index in [-0.39, 0.29) is 11.7 Å². The Balaban J connectivity index is 1.99. The molecule has 0 aliphatic rings. The van der Waals surface area contributed by atoms with Gasteiger partial charge < -0.3 is 14.6 Å². The van der Waals surface area contributed by atoms with Gasteiger partial charge in [-0.2, -0.15) is 0 Å². The van der Waals surface area contributed by atoms with Crippen LogP contribution in [0.1, 0.15) is 17.3 Å². The smallest absolute Gasteiger partial charge is 0.339 e. The lowest BCUT2D eigenvalue weighted by Gasteiger charge is -2.09. The van der Waals surface area contributed by atoms with Crippen LogP contribution in [-0.2, 0) is 16.1 Å². The van der Waals surface area contributed by atoms with Crippen molar-refractivity contribution in [3.63, 3.8) is 0 Å². The van der Waals surface area contributed by atoms with Crippen molar-refractivity contribution in [3.8, 4) is 0 Å². The molecule has 1 N–H and O–H groups in total. The average molecular weight is 320 g/mol. The molecule has 0 aliphatic carbocycles. The van der Waals surface area contributed by atoms with Gasteiger partial charge in [0.05, 0.1) is 24.1 Å². The number of para-hydroxylation sites is 1. The Hall–Kier alpha value is -2.35. The molecule has 0 saturated carbocycles. The van der Waals surface area contributed by atoms with Crippen molar-refractivity contribution < 1.29 is 14.3 Å². The Labute approximate surface area is 132 Å². The lowest BCUT2D eigenvalue weighted by Crippen LogP contribution is -2.17. The van der Waals surface area contributed by atoms with Gasteiger partial charge in [-0.25, -0.2) is 4.79 Å². The van der Waals surface area contributed by atoms with Crippen LogP contribution < -0.4 is 5.32 Å². The zero-order valence-electron chi connectivity index (χ0n) is 12.3. The monoisotopic (exact) mass is 320 g/mol. The first kappa shape index (κ1) is 16.0. The van der Waals surface area contributed by atoms with Gasteiger partial charge in [-0.3, -0.25) is 4.79 Å². The molecule has 116 valence electrons. The molecule has 1 amide bonds. The fourth-order valence-electron chi connectivity index (χ4n) is 1.77. The molecule has 22 heavy (non-hydrogen) atoms. The summed E-state index contributed by atoms with van der Waals surface area (Å²) in [6, 6.07) is 6.70. The molecule has 0 fully saturated rings. The van der Waals surface area contributed by atoms with Gasteiger partial charge in [0.1, 0.15) is 6.33 Å². The van der Waals surface area contributed by atoms with E-state index in [9.17, 15) is 9.59 Å². The largest absolute Gasteiger partial charge is 0.465 e. The molecule has 0 unspecified atom stereocenters. The van der Waals surface area contributed by atoms with Crippen LogP contribution in [0.5, 0.6) is 0 Å². The van der Waals surface area contributed by atoms with Crippen LogP contribution in [0, 0.1) is 0 Å². The van der Waals surface area contributed by atoms with E-state index in [1.807, 2.05) is 11.5 Å². The molecule has 2 rings (SSSR count). The quantitative estimate of drug-likeness (QED) is 0.645. The number of carbonyl (C=O) groups is 2. The van der Waals surface area contributed by atoms with E-state index in [1.54, 1.807) is 30.6 Å². The summed E-state index contributed by atoms with van der Waals surface area (Å²) in [5.41, 5.74) is 0.747. The Morgan fingerprint density at radius 3 is 2.86 bits per heavy atom. The van der Waals surface area contributed by atoms with Crippen LogP contribution in [0.25, 0.3) is 0 Å². The zero-order valence-corrected chi connectivity index (χ0v) is 13.1. The second kappa shape index (κ2) is 7.60. The summed E-state index contributed by atoms with van der Waals surface area (Å²) >= 11 is 1.29. The summed E-state index contributed by atoms with van der Waals surface area (Å²) in [5.74, 6) is -0.546. The summed E-state index contributed by atoms with van der Waals surface area (Å²) in [4.78, 5) is 23.7. The molecule has 7 nitrogen and oxygen atoms in total. The highest BCUT2D eigenvalue weighted by Gasteiger charge is 2.14. The van der Waals surface area contributed by atoms with E-state index in [0.29, 0.717) is 16.4 Å². The first-order chi connectivity index (χ1) is 10.7. The molecule has 0 saturated heterocycles. The highest BCUT2D eigenvalue weighted by atomic mass is 32.2. The van der Waals surface area contributed by atoms with Crippen LogP contribution in [0.4, 0.5) is 5.69 Å². The van der Waals surface area contributed by atoms with E-state index in [0.717, 1.165) is 6.54 Å². The first-order valence-corrected chi connectivity index (χ1v) is 7.62. The fourth-order valence-corrected chi connectivity index (χ4v) is 2.55. The minimum absolute atomic E-state index is 0.175. The normalized spacial score (nSPS) is 10.3. The predicted molar refractivity (Wildman–Crippen MR) is 82.8 cm³/mol. The maximum absolute atomic E-state index is 12.0. The number of esters is 1. The summed E-state index contributed by atoms with van der Waals surface area (Å²) in [5, 5.41) is 11.1. The van der Waals surface area contributed by atoms with E-state index < -0.39 is 5.97 Å². The number of carbonyl (C=O) groups excluding carboxylic acids is 2. The zero-order chi connectivity index (χ0) is 15.9. The second-order valence-electron chi connectivity index (χ2n) is 4.27. The lowest BCUT2D eigenvalue weighted by atomic mass is 10.2. The maximum Gasteiger partial charge on any atom is 0.339 e. The highest BCUT2D eigenvalue weighted by molar-refractivity contribution is 7.99. The van der Waals surface area contributed by atoms with Crippen molar-refractivity contribution in [1.29, 1.82) is 0 Å². The molecular formula is C14H16N4O3S. The third kappa shape index (κ3) is 3.85. The number of nitrogens with zero attached hydrogens (tertiary/aromatic N) is 3. The number of amides is 1. The molecule has 0 spiro atoms. The number of aryl methyl sites for hydroxylation is 1. The SMILES string of the molecule is CCn1cnnc1SCC(=O)Nc1ccccc1C(=O)OC. The molecule has 0 aliphatic heterocycles. The molecule has 2 aromatic rings. The van der Waals surface area contributed by atoms with Gasteiger partial charge in [0, 0.05) is 6.54 Å². The van der Waals surface area contributed by atoms with Crippen LogP contribution >= 0.6 is 11.8 Å². The number of ether oxygens (including phenoxy) is 1.